The summed E-state index contributed by atoms with van der Waals surface area (Å²) in [5.74, 6) is -1.65. The van der Waals surface area contributed by atoms with Crippen molar-refractivity contribution >= 4 is 45.5 Å². The molecule has 2 aromatic rings. The second-order valence-electron chi connectivity index (χ2n) is 5.00. The van der Waals surface area contributed by atoms with Crippen LogP contribution < -0.4 is 10.2 Å². The summed E-state index contributed by atoms with van der Waals surface area (Å²) in [5.41, 5.74) is 0.383. The van der Waals surface area contributed by atoms with E-state index in [-0.39, 0.29) is 16.9 Å². The van der Waals surface area contributed by atoms with Gasteiger partial charge in [-0.3, -0.25) is 14.9 Å². The van der Waals surface area contributed by atoms with Crippen molar-refractivity contribution in [3.63, 3.8) is 0 Å². The van der Waals surface area contributed by atoms with Gasteiger partial charge in [0, 0.05) is 10.0 Å². The van der Waals surface area contributed by atoms with Crippen LogP contribution in [0.3, 0.4) is 0 Å². The number of hydrogen-bond donors (Lipinski definition) is 2. The molecule has 0 bridgehead atoms. The number of rotatable bonds is 2. The zero-order chi connectivity index (χ0) is 17.3. The number of carbonyl (C=O) groups excluding carboxylic acids is 3. The molecule has 120 valence electrons. The molecule has 3 rings (SSSR count). The number of para-hydroxylation sites is 1. The number of aromatic hydroxyl groups is 1. The van der Waals surface area contributed by atoms with Gasteiger partial charge in [-0.2, -0.15) is 0 Å². The number of carbonyl (C=O) groups is 3. The fraction of sp³-hybridized carbons (Fsp3) is 0. The Hall–Kier alpha value is -2.93. The van der Waals surface area contributed by atoms with Crippen LogP contribution in [0.2, 0.25) is 0 Å². The first kappa shape index (κ1) is 15.9. The molecule has 1 aliphatic heterocycles. The minimum atomic E-state index is -0.813. The van der Waals surface area contributed by atoms with Gasteiger partial charge in [-0.05, 0) is 36.4 Å². The number of urea groups is 1. The molecular weight excluding hydrogens is 376 g/mol. The van der Waals surface area contributed by atoms with Crippen molar-refractivity contribution in [3.05, 3.63) is 64.1 Å². The van der Waals surface area contributed by atoms with E-state index in [9.17, 15) is 19.5 Å². The van der Waals surface area contributed by atoms with Gasteiger partial charge in [0.25, 0.3) is 11.8 Å². The van der Waals surface area contributed by atoms with Gasteiger partial charge >= 0.3 is 6.03 Å². The maximum Gasteiger partial charge on any atom is 0.335 e. The Bertz CT molecular complexity index is 877. The van der Waals surface area contributed by atoms with Crippen molar-refractivity contribution in [3.8, 4) is 5.75 Å². The van der Waals surface area contributed by atoms with Crippen LogP contribution in [-0.2, 0) is 9.59 Å². The minimum Gasteiger partial charge on any atom is -0.507 e. The highest BCUT2D eigenvalue weighted by Gasteiger charge is 2.36. The SMILES string of the molecule is O=C1NC(=O)N(c2ccccc2)C(=O)/C1=C/c1cc(Br)ccc1O. The average molecular weight is 387 g/mol. The van der Waals surface area contributed by atoms with Gasteiger partial charge in [0.1, 0.15) is 11.3 Å². The van der Waals surface area contributed by atoms with E-state index in [1.54, 1.807) is 42.5 Å². The molecule has 1 aliphatic rings. The Balaban J connectivity index is 2.06. The summed E-state index contributed by atoms with van der Waals surface area (Å²) in [6, 6.07) is 12.1. The van der Waals surface area contributed by atoms with Crippen molar-refractivity contribution in [2.24, 2.45) is 0 Å². The van der Waals surface area contributed by atoms with Crippen LogP contribution in [0, 0.1) is 0 Å². The molecule has 1 saturated heterocycles. The Kier molecular flexibility index (Phi) is 4.18. The van der Waals surface area contributed by atoms with E-state index in [2.05, 4.69) is 21.2 Å². The van der Waals surface area contributed by atoms with Crippen LogP contribution in [0.25, 0.3) is 6.08 Å². The second kappa shape index (κ2) is 6.29. The van der Waals surface area contributed by atoms with Gasteiger partial charge in [-0.1, -0.05) is 34.1 Å². The highest BCUT2D eigenvalue weighted by Crippen LogP contribution is 2.26. The quantitative estimate of drug-likeness (QED) is 0.613. The number of hydrogen-bond acceptors (Lipinski definition) is 4. The van der Waals surface area contributed by atoms with Gasteiger partial charge in [0.2, 0.25) is 0 Å². The van der Waals surface area contributed by atoms with Gasteiger partial charge in [-0.25, -0.2) is 9.69 Å². The summed E-state index contributed by atoms with van der Waals surface area (Å²) < 4.78 is 0.673. The Labute approximate surface area is 145 Å². The summed E-state index contributed by atoms with van der Waals surface area (Å²) in [6.45, 7) is 0. The molecule has 4 amide bonds. The number of amides is 4. The maximum atomic E-state index is 12.6. The third-order valence-electron chi connectivity index (χ3n) is 3.41. The fourth-order valence-electron chi connectivity index (χ4n) is 2.27. The summed E-state index contributed by atoms with van der Waals surface area (Å²) in [5, 5.41) is 12.0. The van der Waals surface area contributed by atoms with Gasteiger partial charge in [0.05, 0.1) is 5.69 Å². The first-order chi connectivity index (χ1) is 11.5. The second-order valence-corrected chi connectivity index (χ2v) is 5.91. The predicted octanol–water partition coefficient (Wildman–Crippen LogP) is 2.82. The van der Waals surface area contributed by atoms with Crippen molar-refractivity contribution in [2.45, 2.75) is 0 Å². The number of barbiturate groups is 1. The molecule has 2 aromatic carbocycles. The van der Waals surface area contributed by atoms with E-state index in [0.29, 0.717) is 10.2 Å². The molecular formula is C17H11BrN2O4. The maximum absolute atomic E-state index is 12.6. The van der Waals surface area contributed by atoms with Gasteiger partial charge < -0.3 is 5.11 Å². The molecule has 0 spiro atoms. The monoisotopic (exact) mass is 386 g/mol. The van der Waals surface area contributed by atoms with Crippen LogP contribution in [0.5, 0.6) is 5.75 Å². The summed E-state index contributed by atoms with van der Waals surface area (Å²) in [4.78, 5) is 37.6. The van der Waals surface area contributed by atoms with Crippen molar-refractivity contribution in [1.29, 1.82) is 0 Å². The lowest BCUT2D eigenvalue weighted by Gasteiger charge is -2.26. The standard InChI is InChI=1S/C17H11BrN2O4/c18-11-6-7-14(21)10(8-11)9-13-15(22)19-17(24)20(16(13)23)12-4-2-1-3-5-12/h1-9,21H,(H,19,22,24)/b13-9+. The van der Waals surface area contributed by atoms with Crippen molar-refractivity contribution in [2.75, 3.05) is 4.90 Å². The van der Waals surface area contributed by atoms with Gasteiger partial charge in [0.15, 0.2) is 0 Å². The lowest BCUT2D eigenvalue weighted by atomic mass is 10.1. The number of halogens is 1. The van der Waals surface area contributed by atoms with Crippen LogP contribution in [0.1, 0.15) is 5.56 Å². The van der Waals surface area contributed by atoms with E-state index in [1.807, 2.05) is 0 Å². The van der Waals surface area contributed by atoms with Gasteiger partial charge in [-0.15, -0.1) is 0 Å². The Morgan fingerprint density at radius 2 is 1.75 bits per heavy atom. The molecule has 0 aromatic heterocycles. The molecule has 0 aliphatic carbocycles. The number of phenols is 1. The Morgan fingerprint density at radius 3 is 2.46 bits per heavy atom. The molecule has 0 unspecified atom stereocenters. The molecule has 2 N–H and O–H groups in total. The van der Waals surface area contributed by atoms with Crippen LogP contribution >= 0.6 is 15.9 Å². The molecule has 0 radical (unpaired) electrons. The summed E-state index contributed by atoms with van der Waals surface area (Å²) in [6.07, 6.45) is 1.25. The van der Waals surface area contributed by atoms with E-state index in [4.69, 9.17) is 0 Å². The molecule has 1 fully saturated rings. The summed E-state index contributed by atoms with van der Waals surface area (Å²) >= 11 is 3.26. The number of anilines is 1. The molecule has 0 atom stereocenters. The van der Waals surface area contributed by atoms with Crippen LogP contribution in [-0.4, -0.2) is 23.0 Å². The first-order valence-electron chi connectivity index (χ1n) is 6.92. The van der Waals surface area contributed by atoms with Crippen LogP contribution in [0.15, 0.2) is 58.6 Å². The van der Waals surface area contributed by atoms with E-state index >= 15 is 0 Å². The van der Waals surface area contributed by atoms with Crippen LogP contribution in [0.4, 0.5) is 10.5 Å². The van der Waals surface area contributed by atoms with E-state index < -0.39 is 17.8 Å². The third-order valence-corrected chi connectivity index (χ3v) is 3.90. The van der Waals surface area contributed by atoms with E-state index in [1.165, 1.54) is 12.1 Å². The lowest BCUT2D eigenvalue weighted by Crippen LogP contribution is -2.54. The number of phenolic OH excluding ortho intramolecular Hbond substituents is 1. The van der Waals surface area contributed by atoms with Crippen molar-refractivity contribution in [1.82, 2.24) is 5.32 Å². The highest BCUT2D eigenvalue weighted by molar-refractivity contribution is 9.10. The summed E-state index contributed by atoms with van der Waals surface area (Å²) in [7, 11) is 0. The topological polar surface area (TPSA) is 86.7 Å². The minimum absolute atomic E-state index is 0.0885. The normalized spacial score (nSPS) is 16.5. The molecule has 6 nitrogen and oxygen atoms in total. The molecule has 1 heterocycles. The number of nitrogens with zero attached hydrogens (tertiary/aromatic N) is 1. The smallest absolute Gasteiger partial charge is 0.335 e. The van der Waals surface area contributed by atoms with E-state index in [0.717, 1.165) is 4.90 Å². The first-order valence-corrected chi connectivity index (χ1v) is 7.71. The highest BCUT2D eigenvalue weighted by atomic mass is 79.9. The zero-order valence-electron chi connectivity index (χ0n) is 12.2. The number of imide groups is 2. The number of nitrogens with one attached hydrogen (secondary N) is 1. The lowest BCUT2D eigenvalue weighted by molar-refractivity contribution is -0.122. The molecule has 24 heavy (non-hydrogen) atoms. The largest absolute Gasteiger partial charge is 0.507 e. The zero-order valence-corrected chi connectivity index (χ0v) is 13.8. The van der Waals surface area contributed by atoms with Crippen molar-refractivity contribution < 1.29 is 19.5 Å². The molecule has 0 saturated carbocycles. The Morgan fingerprint density at radius 1 is 1.04 bits per heavy atom. The predicted molar refractivity (Wildman–Crippen MR) is 91.3 cm³/mol. The number of benzene rings is 2. The third kappa shape index (κ3) is 2.93. The fourth-order valence-corrected chi connectivity index (χ4v) is 2.64. The average Bonchev–Trinajstić information content (AvgIpc) is 2.55. The molecule has 7 heteroatoms.